The maximum absolute atomic E-state index is 8.49. The average molecular weight is 278 g/mol. The fourth-order valence-electron chi connectivity index (χ4n) is 2.42. The Balaban J connectivity index is 2.30. The second-order valence-electron chi connectivity index (χ2n) is 5.33. The van der Waals surface area contributed by atoms with Gasteiger partial charge in [-0.25, -0.2) is 0 Å². The Bertz CT molecular complexity index is 657. The van der Waals surface area contributed by atoms with E-state index in [0.29, 0.717) is 5.71 Å². The van der Waals surface area contributed by atoms with E-state index in [9.17, 15) is 0 Å². The fraction of sp³-hybridized carbons (Fsp3) is 0.211. The van der Waals surface area contributed by atoms with Crippen LogP contribution >= 0.6 is 0 Å². The summed E-state index contributed by atoms with van der Waals surface area (Å²) in [5, 5.41) is 11.7. The molecule has 2 rings (SSSR count). The van der Waals surface area contributed by atoms with Gasteiger partial charge in [-0.05, 0) is 29.7 Å². The predicted molar refractivity (Wildman–Crippen MR) is 91.6 cm³/mol. The molecule has 2 heteroatoms. The first-order chi connectivity index (χ1) is 10.0. The van der Waals surface area contributed by atoms with E-state index in [0.717, 1.165) is 16.8 Å². The molecule has 0 spiro atoms. The summed E-state index contributed by atoms with van der Waals surface area (Å²) < 4.78 is 0. The van der Waals surface area contributed by atoms with Crippen LogP contribution in [-0.2, 0) is 0 Å². The lowest BCUT2D eigenvalue weighted by Gasteiger charge is -2.18. The molecule has 0 saturated heterocycles. The van der Waals surface area contributed by atoms with Crippen LogP contribution in [0.1, 0.15) is 29.5 Å². The Hall–Kier alpha value is -2.35. The lowest BCUT2D eigenvalue weighted by molar-refractivity contribution is 0.936. The van der Waals surface area contributed by atoms with Gasteiger partial charge in [0.25, 0.3) is 0 Å². The molecule has 0 heterocycles. The van der Waals surface area contributed by atoms with Gasteiger partial charge in [0.15, 0.2) is 0 Å². The van der Waals surface area contributed by atoms with Crippen molar-refractivity contribution in [3.8, 4) is 0 Å². The summed E-state index contributed by atoms with van der Waals surface area (Å²) in [4.78, 5) is 0. The van der Waals surface area contributed by atoms with Crippen LogP contribution in [0.2, 0.25) is 0 Å². The molecule has 2 N–H and O–H groups in total. The van der Waals surface area contributed by atoms with Gasteiger partial charge in [-0.3, -0.25) is 5.41 Å². The second-order valence-corrected chi connectivity index (χ2v) is 5.33. The third-order valence-corrected chi connectivity index (χ3v) is 3.86. The van der Waals surface area contributed by atoms with E-state index in [4.69, 9.17) is 5.41 Å². The van der Waals surface area contributed by atoms with Crippen molar-refractivity contribution >= 4 is 11.4 Å². The van der Waals surface area contributed by atoms with Crippen molar-refractivity contribution in [3.63, 3.8) is 0 Å². The standard InChI is InChI=1S/C19H22N2/c1-13-10-11-17(18(12-13)21-4)19(20)15(3)14(2)16-8-6-5-7-9-16/h5-12,14,20-21H,3H2,1-2,4H3. The molecule has 2 aromatic carbocycles. The van der Waals surface area contributed by atoms with Gasteiger partial charge in [0.1, 0.15) is 0 Å². The molecule has 0 saturated carbocycles. The number of allylic oxidation sites excluding steroid dienone is 1. The van der Waals surface area contributed by atoms with Crippen molar-refractivity contribution in [2.24, 2.45) is 0 Å². The van der Waals surface area contributed by atoms with Gasteiger partial charge in [0, 0.05) is 24.2 Å². The van der Waals surface area contributed by atoms with Gasteiger partial charge >= 0.3 is 0 Å². The van der Waals surface area contributed by atoms with Crippen molar-refractivity contribution in [2.75, 3.05) is 12.4 Å². The number of rotatable bonds is 5. The normalized spacial score (nSPS) is 11.8. The molecule has 108 valence electrons. The predicted octanol–water partition coefficient (Wildman–Crippen LogP) is 4.76. The Morgan fingerprint density at radius 3 is 2.43 bits per heavy atom. The molecule has 1 atom stereocenters. The summed E-state index contributed by atoms with van der Waals surface area (Å²) in [6.07, 6.45) is 0. The molecule has 21 heavy (non-hydrogen) atoms. The van der Waals surface area contributed by atoms with Crippen LogP contribution in [0.3, 0.4) is 0 Å². The first-order valence-corrected chi connectivity index (χ1v) is 7.16. The SMILES string of the molecule is C=C(C(=N)c1ccc(C)cc1NC)C(C)c1ccccc1. The number of anilines is 1. The van der Waals surface area contributed by atoms with E-state index >= 15 is 0 Å². The van der Waals surface area contributed by atoms with Crippen molar-refractivity contribution < 1.29 is 0 Å². The summed E-state index contributed by atoms with van der Waals surface area (Å²) in [5.41, 5.74) is 5.57. The lowest BCUT2D eigenvalue weighted by atomic mass is 9.88. The molecule has 0 aliphatic carbocycles. The van der Waals surface area contributed by atoms with Crippen molar-refractivity contribution in [2.45, 2.75) is 19.8 Å². The number of hydrogen-bond acceptors (Lipinski definition) is 2. The molecule has 0 aliphatic rings. The summed E-state index contributed by atoms with van der Waals surface area (Å²) in [6.45, 7) is 8.30. The molecule has 1 unspecified atom stereocenters. The zero-order valence-electron chi connectivity index (χ0n) is 12.9. The minimum atomic E-state index is 0.129. The highest BCUT2D eigenvalue weighted by Crippen LogP contribution is 2.28. The van der Waals surface area contributed by atoms with E-state index in [2.05, 4.69) is 43.9 Å². The zero-order chi connectivity index (χ0) is 15.4. The van der Waals surface area contributed by atoms with Crippen LogP contribution in [0.25, 0.3) is 0 Å². The maximum Gasteiger partial charge on any atom is 0.0665 e. The molecule has 0 aliphatic heterocycles. The topological polar surface area (TPSA) is 35.9 Å². The van der Waals surface area contributed by atoms with E-state index in [1.165, 1.54) is 11.1 Å². The molecule has 0 radical (unpaired) electrons. The van der Waals surface area contributed by atoms with Gasteiger partial charge in [0.05, 0.1) is 5.71 Å². The lowest BCUT2D eigenvalue weighted by Crippen LogP contribution is -2.11. The highest BCUT2D eigenvalue weighted by atomic mass is 14.8. The molecular formula is C19H22N2. The molecule has 0 fully saturated rings. The summed E-state index contributed by atoms with van der Waals surface area (Å²) in [7, 11) is 1.88. The van der Waals surface area contributed by atoms with Gasteiger partial charge in [0.2, 0.25) is 0 Å². The first-order valence-electron chi connectivity index (χ1n) is 7.16. The van der Waals surface area contributed by atoms with Crippen LogP contribution in [0.5, 0.6) is 0 Å². The summed E-state index contributed by atoms with van der Waals surface area (Å²) in [6, 6.07) is 16.3. The molecule has 0 bridgehead atoms. The highest BCUT2D eigenvalue weighted by molar-refractivity contribution is 6.14. The Morgan fingerprint density at radius 2 is 1.81 bits per heavy atom. The minimum Gasteiger partial charge on any atom is -0.388 e. The largest absolute Gasteiger partial charge is 0.388 e. The van der Waals surface area contributed by atoms with Crippen LogP contribution in [0.15, 0.2) is 60.7 Å². The maximum atomic E-state index is 8.49. The van der Waals surface area contributed by atoms with Gasteiger partial charge in [-0.15, -0.1) is 0 Å². The quantitative estimate of drug-likeness (QED) is 0.760. The van der Waals surface area contributed by atoms with Crippen molar-refractivity contribution in [1.29, 1.82) is 5.41 Å². The Labute approximate surface area is 127 Å². The van der Waals surface area contributed by atoms with Crippen molar-refractivity contribution in [3.05, 3.63) is 77.4 Å². The van der Waals surface area contributed by atoms with E-state index in [1.54, 1.807) is 0 Å². The molecule has 0 amide bonds. The monoisotopic (exact) mass is 278 g/mol. The minimum absolute atomic E-state index is 0.129. The molecule has 2 aromatic rings. The second kappa shape index (κ2) is 6.40. The zero-order valence-corrected chi connectivity index (χ0v) is 12.9. The molecule has 2 nitrogen and oxygen atoms in total. The van der Waals surface area contributed by atoms with Crippen molar-refractivity contribution in [1.82, 2.24) is 0 Å². The number of nitrogens with one attached hydrogen (secondary N) is 2. The van der Waals surface area contributed by atoms with Crippen LogP contribution in [0, 0.1) is 12.3 Å². The average Bonchev–Trinajstić information content (AvgIpc) is 2.53. The Kier molecular flexibility index (Phi) is 4.59. The van der Waals surface area contributed by atoms with Gasteiger partial charge < -0.3 is 5.32 Å². The van der Waals surface area contributed by atoms with E-state index < -0.39 is 0 Å². The Morgan fingerprint density at radius 1 is 1.14 bits per heavy atom. The number of hydrogen-bond donors (Lipinski definition) is 2. The molecule has 0 aromatic heterocycles. The van der Waals surface area contributed by atoms with Gasteiger partial charge in [-0.1, -0.05) is 56.0 Å². The third kappa shape index (κ3) is 3.22. The summed E-state index contributed by atoms with van der Waals surface area (Å²) in [5.74, 6) is 0.129. The van der Waals surface area contributed by atoms with Gasteiger partial charge in [-0.2, -0.15) is 0 Å². The first kappa shape index (κ1) is 15.0. The van der Waals surface area contributed by atoms with E-state index in [1.807, 2.05) is 37.4 Å². The number of benzene rings is 2. The highest BCUT2D eigenvalue weighted by Gasteiger charge is 2.17. The summed E-state index contributed by atoms with van der Waals surface area (Å²) >= 11 is 0. The van der Waals surface area contributed by atoms with E-state index in [-0.39, 0.29) is 5.92 Å². The smallest absolute Gasteiger partial charge is 0.0665 e. The van der Waals surface area contributed by atoms with Crippen LogP contribution in [0.4, 0.5) is 5.69 Å². The van der Waals surface area contributed by atoms with Crippen LogP contribution < -0.4 is 5.32 Å². The fourth-order valence-corrected chi connectivity index (χ4v) is 2.42. The third-order valence-electron chi connectivity index (χ3n) is 3.86. The number of aryl methyl sites for hydroxylation is 1. The van der Waals surface area contributed by atoms with Crippen LogP contribution in [-0.4, -0.2) is 12.8 Å². The molecular weight excluding hydrogens is 256 g/mol.